The second kappa shape index (κ2) is 10.8. The van der Waals surface area contributed by atoms with E-state index in [1.165, 1.54) is 6.20 Å². The number of nitrogens with one attached hydrogen (secondary N) is 3. The third kappa shape index (κ3) is 6.09. The van der Waals surface area contributed by atoms with E-state index in [0.717, 1.165) is 49.3 Å². The summed E-state index contributed by atoms with van der Waals surface area (Å²) >= 11 is 6.21. The van der Waals surface area contributed by atoms with Crippen LogP contribution in [0.1, 0.15) is 35.6 Å². The number of aromatic amines is 1. The molecule has 182 valence electrons. The number of aromatic nitrogens is 4. The van der Waals surface area contributed by atoms with Crippen molar-refractivity contribution in [3.63, 3.8) is 0 Å². The van der Waals surface area contributed by atoms with Crippen LogP contribution in [0.5, 0.6) is 0 Å². The molecule has 1 saturated heterocycles. The van der Waals surface area contributed by atoms with Gasteiger partial charge < -0.3 is 15.5 Å². The van der Waals surface area contributed by atoms with Gasteiger partial charge in [-0.15, -0.1) is 0 Å². The summed E-state index contributed by atoms with van der Waals surface area (Å²) in [6, 6.07) is 5.21. The summed E-state index contributed by atoms with van der Waals surface area (Å²) in [6.07, 6.45) is 3.30. The van der Waals surface area contributed by atoms with E-state index in [1.54, 1.807) is 12.1 Å². The van der Waals surface area contributed by atoms with Crippen LogP contribution in [0.4, 0.5) is 27.7 Å². The minimum Gasteiger partial charge on any atom is -0.322 e. The van der Waals surface area contributed by atoms with Crippen molar-refractivity contribution in [3.05, 3.63) is 52.1 Å². The molecular formula is C22H28ClFN8OS. The molecular weight excluding hydrogens is 479 g/mol. The highest BCUT2D eigenvalue weighted by molar-refractivity contribution is 7.82. The van der Waals surface area contributed by atoms with E-state index in [2.05, 4.69) is 35.7 Å². The number of halogens is 2. The molecule has 2 aromatic heterocycles. The molecule has 9 nitrogen and oxygen atoms in total. The van der Waals surface area contributed by atoms with E-state index in [0.29, 0.717) is 28.1 Å². The van der Waals surface area contributed by atoms with E-state index >= 15 is 4.39 Å². The first-order chi connectivity index (χ1) is 16.3. The lowest BCUT2D eigenvalue weighted by Gasteiger charge is -2.32. The number of H-pyrrole nitrogens is 1. The third-order valence-corrected chi connectivity index (χ3v) is 6.80. The Morgan fingerprint density at radius 3 is 2.71 bits per heavy atom. The van der Waals surface area contributed by atoms with Crippen LogP contribution in [0.15, 0.2) is 24.4 Å². The fraction of sp³-hybridized carbons (Fsp3) is 0.409. The predicted octanol–water partition coefficient (Wildman–Crippen LogP) is 3.90. The second-order valence-corrected chi connectivity index (χ2v) is 10.0. The molecule has 12 heteroatoms. The van der Waals surface area contributed by atoms with Gasteiger partial charge in [-0.3, -0.25) is 10.2 Å². The van der Waals surface area contributed by atoms with Crippen LogP contribution in [0.25, 0.3) is 0 Å². The van der Waals surface area contributed by atoms with Gasteiger partial charge in [-0.2, -0.15) is 10.1 Å². The summed E-state index contributed by atoms with van der Waals surface area (Å²) in [5.41, 5.74) is 3.21. The van der Waals surface area contributed by atoms with Crippen LogP contribution in [-0.4, -0.2) is 54.7 Å². The van der Waals surface area contributed by atoms with Gasteiger partial charge in [0.1, 0.15) is 10.8 Å². The normalized spacial score (nSPS) is 15.9. The minimum atomic E-state index is -1.28. The van der Waals surface area contributed by atoms with Gasteiger partial charge in [-0.05, 0) is 69.0 Å². The number of rotatable bonds is 8. The zero-order valence-corrected chi connectivity index (χ0v) is 20.6. The number of aryl methyl sites for hydroxylation is 2. The van der Waals surface area contributed by atoms with E-state index in [9.17, 15) is 4.21 Å². The average molecular weight is 507 g/mol. The monoisotopic (exact) mass is 506 g/mol. The van der Waals surface area contributed by atoms with E-state index in [4.69, 9.17) is 16.7 Å². The molecule has 0 radical (unpaired) electrons. The number of nitrogens with two attached hydrogens (primary N) is 1. The molecule has 1 aliphatic rings. The Labute approximate surface area is 205 Å². The Bertz CT molecular complexity index is 1180. The van der Waals surface area contributed by atoms with Crippen LogP contribution >= 0.6 is 11.6 Å². The average Bonchev–Trinajstić information content (AvgIpc) is 3.21. The lowest BCUT2D eigenvalue weighted by Crippen LogP contribution is -2.36. The van der Waals surface area contributed by atoms with Crippen molar-refractivity contribution in [1.29, 1.82) is 0 Å². The molecule has 0 saturated carbocycles. The maximum Gasteiger partial charge on any atom is 0.229 e. The smallest absolute Gasteiger partial charge is 0.229 e. The van der Waals surface area contributed by atoms with Crippen molar-refractivity contribution < 1.29 is 8.60 Å². The van der Waals surface area contributed by atoms with E-state index in [-0.39, 0.29) is 17.7 Å². The van der Waals surface area contributed by atoms with Gasteiger partial charge in [-0.25, -0.2) is 13.6 Å². The summed E-state index contributed by atoms with van der Waals surface area (Å²) in [7, 11) is -1.28. The Morgan fingerprint density at radius 2 is 2.03 bits per heavy atom. The summed E-state index contributed by atoms with van der Waals surface area (Å²) in [4.78, 5) is 10.8. The first-order valence-corrected chi connectivity index (χ1v) is 12.8. The third-order valence-electron chi connectivity index (χ3n) is 5.93. The summed E-state index contributed by atoms with van der Waals surface area (Å²) < 4.78 is 26.2. The maximum atomic E-state index is 15.1. The zero-order chi connectivity index (χ0) is 24.2. The molecule has 34 heavy (non-hydrogen) atoms. The number of likely N-dealkylation sites (tertiary alicyclic amines) is 1. The van der Waals surface area contributed by atoms with Gasteiger partial charge >= 0.3 is 0 Å². The van der Waals surface area contributed by atoms with Crippen molar-refractivity contribution in [2.24, 2.45) is 5.14 Å². The Hall–Kier alpha value is -2.60. The first kappa shape index (κ1) is 24.5. The molecule has 1 fully saturated rings. The zero-order valence-electron chi connectivity index (χ0n) is 19.1. The maximum absolute atomic E-state index is 15.1. The molecule has 3 aromatic rings. The van der Waals surface area contributed by atoms with E-state index in [1.807, 2.05) is 19.9 Å². The van der Waals surface area contributed by atoms with Crippen LogP contribution in [0.3, 0.4) is 0 Å². The highest BCUT2D eigenvalue weighted by atomic mass is 35.5. The van der Waals surface area contributed by atoms with Crippen LogP contribution < -0.4 is 15.8 Å². The summed E-state index contributed by atoms with van der Waals surface area (Å²) in [6.45, 7) is 6.36. The number of benzene rings is 1. The van der Waals surface area contributed by atoms with Crippen molar-refractivity contribution in [2.75, 3.05) is 36.0 Å². The molecule has 0 bridgehead atoms. The van der Waals surface area contributed by atoms with Crippen LogP contribution in [0, 0.1) is 19.7 Å². The quantitative estimate of drug-likeness (QED) is 0.365. The van der Waals surface area contributed by atoms with Gasteiger partial charge in [0.2, 0.25) is 5.95 Å². The molecule has 1 atom stereocenters. The molecule has 5 N–H and O–H groups in total. The fourth-order valence-electron chi connectivity index (χ4n) is 4.16. The Balaban J connectivity index is 1.44. The van der Waals surface area contributed by atoms with Crippen molar-refractivity contribution >= 4 is 45.9 Å². The van der Waals surface area contributed by atoms with Gasteiger partial charge in [0.05, 0.1) is 28.6 Å². The number of nitrogens with zero attached hydrogens (tertiary/aromatic N) is 4. The topological polar surface area (TPSA) is 125 Å². The molecule has 1 unspecified atom stereocenters. The van der Waals surface area contributed by atoms with Crippen molar-refractivity contribution in [2.45, 2.75) is 32.6 Å². The molecule has 0 aliphatic carbocycles. The number of hydrogen-bond donors (Lipinski definition) is 4. The molecule has 0 spiro atoms. The standard InChI is InChI=1S/C22H28ClFN8OS/c1-13-9-19(18(24)11-16(13)15-3-5-32(6-4-15)7-8-34(25)33)27-22-26-12-17(23)21(29-22)28-20-10-14(2)30-31-20/h9-12,15H,3-8,25H2,1-2H3,(H3,26,27,28,29,30,31). The summed E-state index contributed by atoms with van der Waals surface area (Å²) in [5.74, 6) is 1.54. The van der Waals surface area contributed by atoms with Crippen molar-refractivity contribution in [1.82, 2.24) is 25.1 Å². The Morgan fingerprint density at radius 1 is 1.26 bits per heavy atom. The minimum absolute atomic E-state index is 0.218. The SMILES string of the molecule is Cc1cc(Nc2nc(Nc3cc(C)c(C4CCN(CCS(N)=O)CC4)cc3F)ncc2Cl)n[nH]1. The lowest BCUT2D eigenvalue weighted by molar-refractivity contribution is 0.223. The summed E-state index contributed by atoms with van der Waals surface area (Å²) in [5, 5.41) is 18.6. The lowest BCUT2D eigenvalue weighted by atomic mass is 9.86. The fourth-order valence-corrected chi connectivity index (χ4v) is 4.73. The number of hydrogen-bond acceptors (Lipinski definition) is 7. The Kier molecular flexibility index (Phi) is 7.77. The molecule has 0 amide bonds. The predicted molar refractivity (Wildman–Crippen MR) is 134 cm³/mol. The van der Waals surface area contributed by atoms with Gasteiger partial charge in [0.25, 0.3) is 0 Å². The van der Waals surface area contributed by atoms with Gasteiger partial charge in [0.15, 0.2) is 11.6 Å². The first-order valence-electron chi connectivity index (χ1n) is 11.0. The molecule has 4 rings (SSSR count). The van der Waals surface area contributed by atoms with E-state index < -0.39 is 11.0 Å². The number of piperidine rings is 1. The van der Waals surface area contributed by atoms with Gasteiger partial charge in [-0.1, -0.05) is 11.6 Å². The highest BCUT2D eigenvalue weighted by Gasteiger charge is 2.23. The number of anilines is 4. The molecule has 3 heterocycles. The molecule has 1 aliphatic heterocycles. The van der Waals surface area contributed by atoms with Crippen LogP contribution in [-0.2, 0) is 11.0 Å². The van der Waals surface area contributed by atoms with Gasteiger partial charge in [0, 0.05) is 18.3 Å². The largest absolute Gasteiger partial charge is 0.322 e. The second-order valence-electron chi connectivity index (χ2n) is 8.47. The highest BCUT2D eigenvalue weighted by Crippen LogP contribution is 2.34. The van der Waals surface area contributed by atoms with Crippen molar-refractivity contribution in [3.8, 4) is 0 Å². The molecule has 1 aromatic carbocycles. The van der Waals surface area contributed by atoms with Crippen LogP contribution in [0.2, 0.25) is 5.02 Å².